The highest BCUT2D eigenvalue weighted by molar-refractivity contribution is 7.89. The monoisotopic (exact) mass is 437 g/mol. The third-order valence-electron chi connectivity index (χ3n) is 5.83. The fourth-order valence-corrected chi connectivity index (χ4v) is 5.46. The molecule has 1 atom stereocenters. The van der Waals surface area contributed by atoms with Crippen molar-refractivity contribution in [2.45, 2.75) is 37.1 Å². The van der Waals surface area contributed by atoms with E-state index in [0.717, 1.165) is 43.4 Å². The van der Waals surface area contributed by atoms with Gasteiger partial charge in [0.2, 0.25) is 10.0 Å². The van der Waals surface area contributed by atoms with Gasteiger partial charge in [0.05, 0.1) is 4.90 Å². The van der Waals surface area contributed by atoms with Crippen molar-refractivity contribution in [2.75, 3.05) is 42.5 Å². The van der Waals surface area contributed by atoms with Gasteiger partial charge in [-0.15, -0.1) is 10.2 Å². The number of rotatable bonds is 4. The van der Waals surface area contributed by atoms with Crippen LogP contribution in [0.2, 0.25) is 0 Å². The van der Waals surface area contributed by atoms with Crippen LogP contribution in [0, 0.1) is 11.6 Å². The van der Waals surface area contributed by atoms with Crippen LogP contribution < -0.4 is 9.80 Å². The van der Waals surface area contributed by atoms with E-state index in [9.17, 15) is 17.2 Å². The molecule has 2 saturated heterocycles. The van der Waals surface area contributed by atoms with Crippen LogP contribution in [0.1, 0.15) is 26.2 Å². The van der Waals surface area contributed by atoms with Crippen LogP contribution in [-0.4, -0.2) is 61.7 Å². The summed E-state index contributed by atoms with van der Waals surface area (Å²) in [5.74, 6) is -0.674. The molecule has 0 saturated carbocycles. The first-order chi connectivity index (χ1) is 14.4. The summed E-state index contributed by atoms with van der Waals surface area (Å²) in [5.41, 5.74) is 0. The molecule has 7 nitrogen and oxygen atoms in total. The van der Waals surface area contributed by atoms with E-state index in [1.165, 1.54) is 10.7 Å². The first-order valence-electron chi connectivity index (χ1n) is 10.2. The molecule has 1 unspecified atom stereocenters. The van der Waals surface area contributed by atoms with E-state index in [-0.39, 0.29) is 18.0 Å². The lowest BCUT2D eigenvalue weighted by molar-refractivity contribution is 0.383. The number of sulfonamides is 1. The Kier molecular flexibility index (Phi) is 5.88. The second kappa shape index (κ2) is 8.43. The molecule has 4 rings (SSSR count). The van der Waals surface area contributed by atoms with Crippen molar-refractivity contribution in [3.63, 3.8) is 0 Å². The molecule has 0 bridgehead atoms. The second-order valence-corrected chi connectivity index (χ2v) is 9.69. The Hall–Kier alpha value is -2.33. The Morgan fingerprint density at radius 2 is 1.60 bits per heavy atom. The summed E-state index contributed by atoms with van der Waals surface area (Å²) in [5, 5.41) is 8.74. The van der Waals surface area contributed by atoms with Crippen molar-refractivity contribution in [3.8, 4) is 0 Å². The zero-order valence-electron chi connectivity index (χ0n) is 16.8. The molecule has 2 fully saturated rings. The van der Waals surface area contributed by atoms with Gasteiger partial charge in [-0.25, -0.2) is 17.2 Å². The molecule has 162 valence electrons. The molecule has 30 heavy (non-hydrogen) atoms. The molecule has 0 amide bonds. The van der Waals surface area contributed by atoms with E-state index in [4.69, 9.17) is 0 Å². The highest BCUT2D eigenvalue weighted by atomic mass is 32.2. The van der Waals surface area contributed by atoms with E-state index in [2.05, 4.69) is 22.0 Å². The molecule has 2 aliphatic heterocycles. The van der Waals surface area contributed by atoms with Crippen LogP contribution >= 0.6 is 0 Å². The van der Waals surface area contributed by atoms with Crippen LogP contribution in [-0.2, 0) is 10.0 Å². The van der Waals surface area contributed by atoms with Gasteiger partial charge in [0, 0.05) is 38.8 Å². The maximum atomic E-state index is 13.5. The molecule has 2 aliphatic rings. The molecule has 2 aromatic rings. The highest BCUT2D eigenvalue weighted by Crippen LogP contribution is 2.25. The van der Waals surface area contributed by atoms with Gasteiger partial charge in [0.25, 0.3) is 0 Å². The maximum Gasteiger partial charge on any atom is 0.243 e. The summed E-state index contributed by atoms with van der Waals surface area (Å²) in [6, 6.07) is 6.98. The van der Waals surface area contributed by atoms with Gasteiger partial charge in [-0.1, -0.05) is 0 Å². The Bertz CT molecular complexity index is 995. The first-order valence-corrected chi connectivity index (χ1v) is 11.6. The van der Waals surface area contributed by atoms with Crippen LogP contribution in [0.4, 0.5) is 20.4 Å². The Morgan fingerprint density at radius 3 is 2.23 bits per heavy atom. The lowest BCUT2D eigenvalue weighted by Gasteiger charge is -2.35. The van der Waals surface area contributed by atoms with Crippen molar-refractivity contribution in [2.24, 2.45) is 0 Å². The van der Waals surface area contributed by atoms with Gasteiger partial charge in [-0.05, 0) is 56.5 Å². The lowest BCUT2D eigenvalue weighted by Crippen LogP contribution is -2.49. The molecule has 0 N–H and O–H groups in total. The van der Waals surface area contributed by atoms with E-state index in [1.54, 1.807) is 0 Å². The zero-order chi connectivity index (χ0) is 21.3. The molecular weight excluding hydrogens is 412 g/mol. The normalized spacial score (nSPS) is 21.1. The Morgan fingerprint density at radius 1 is 0.900 bits per heavy atom. The van der Waals surface area contributed by atoms with Crippen LogP contribution in [0.15, 0.2) is 35.2 Å². The summed E-state index contributed by atoms with van der Waals surface area (Å²) >= 11 is 0. The van der Waals surface area contributed by atoms with Crippen molar-refractivity contribution in [3.05, 3.63) is 42.0 Å². The number of hydrogen-bond acceptors (Lipinski definition) is 6. The average Bonchev–Trinajstić information content (AvgIpc) is 2.76. The molecular formula is C20H25F2N5O2S. The van der Waals surface area contributed by atoms with Gasteiger partial charge < -0.3 is 9.80 Å². The summed E-state index contributed by atoms with van der Waals surface area (Å²) in [4.78, 5) is 4.01. The van der Waals surface area contributed by atoms with E-state index < -0.39 is 21.7 Å². The summed E-state index contributed by atoms with van der Waals surface area (Å²) in [6.07, 6.45) is 3.54. The average molecular weight is 438 g/mol. The predicted molar refractivity (Wildman–Crippen MR) is 110 cm³/mol. The van der Waals surface area contributed by atoms with Gasteiger partial charge >= 0.3 is 0 Å². The Balaban J connectivity index is 1.41. The fourth-order valence-electron chi connectivity index (χ4n) is 4.02. The summed E-state index contributed by atoms with van der Waals surface area (Å²) in [6.45, 7) is 4.52. The van der Waals surface area contributed by atoms with Gasteiger partial charge in [-0.3, -0.25) is 0 Å². The number of nitrogens with zero attached hydrogens (tertiary/aromatic N) is 5. The zero-order valence-corrected chi connectivity index (χ0v) is 17.7. The lowest BCUT2D eigenvalue weighted by atomic mass is 10.0. The number of anilines is 2. The maximum absolute atomic E-state index is 13.5. The van der Waals surface area contributed by atoms with Crippen LogP contribution in [0.25, 0.3) is 0 Å². The minimum absolute atomic E-state index is 0.230. The number of benzene rings is 1. The predicted octanol–water partition coefficient (Wildman–Crippen LogP) is 2.64. The number of piperidine rings is 1. The molecule has 1 aromatic heterocycles. The number of piperazine rings is 1. The number of aromatic nitrogens is 2. The van der Waals surface area contributed by atoms with Crippen molar-refractivity contribution >= 4 is 21.7 Å². The summed E-state index contributed by atoms with van der Waals surface area (Å²) in [7, 11) is -3.88. The number of hydrogen-bond donors (Lipinski definition) is 0. The molecule has 0 aliphatic carbocycles. The van der Waals surface area contributed by atoms with E-state index in [1.807, 2.05) is 17.0 Å². The van der Waals surface area contributed by atoms with Crippen molar-refractivity contribution in [1.82, 2.24) is 14.5 Å². The van der Waals surface area contributed by atoms with Crippen LogP contribution in [0.5, 0.6) is 0 Å². The fraction of sp³-hybridized carbons (Fsp3) is 0.500. The SMILES string of the molecule is CC1CCCCN1c1ccc(N2CCN(S(=O)(=O)c3ccc(F)c(F)c3)CC2)nn1. The minimum Gasteiger partial charge on any atom is -0.352 e. The third-order valence-corrected chi connectivity index (χ3v) is 7.72. The van der Waals surface area contributed by atoms with E-state index >= 15 is 0 Å². The van der Waals surface area contributed by atoms with Crippen molar-refractivity contribution in [1.29, 1.82) is 0 Å². The Labute approximate surface area is 175 Å². The van der Waals surface area contributed by atoms with Crippen LogP contribution in [0.3, 0.4) is 0 Å². The van der Waals surface area contributed by atoms with Gasteiger partial charge in [-0.2, -0.15) is 4.31 Å². The molecule has 0 spiro atoms. The smallest absolute Gasteiger partial charge is 0.243 e. The summed E-state index contributed by atoms with van der Waals surface area (Å²) < 4.78 is 53.3. The van der Waals surface area contributed by atoms with Gasteiger partial charge in [0.1, 0.15) is 0 Å². The highest BCUT2D eigenvalue weighted by Gasteiger charge is 2.30. The largest absolute Gasteiger partial charge is 0.352 e. The molecule has 3 heterocycles. The standard InChI is InChI=1S/C20H25F2N5O2S/c1-15-4-2-3-9-27(15)20-8-7-19(23-24-20)25-10-12-26(13-11-25)30(28,29)16-5-6-17(21)18(22)14-16/h5-8,14-15H,2-4,9-13H2,1H3. The molecule has 1 aromatic carbocycles. The molecule has 10 heteroatoms. The quantitative estimate of drug-likeness (QED) is 0.733. The second-order valence-electron chi connectivity index (χ2n) is 7.75. The van der Waals surface area contributed by atoms with E-state index in [0.29, 0.717) is 24.9 Å². The minimum atomic E-state index is -3.88. The topological polar surface area (TPSA) is 69.6 Å². The van der Waals surface area contributed by atoms with Crippen molar-refractivity contribution < 1.29 is 17.2 Å². The van der Waals surface area contributed by atoms with Gasteiger partial charge in [0.15, 0.2) is 23.3 Å². The number of halogens is 2. The molecule has 0 radical (unpaired) electrons. The first kappa shape index (κ1) is 20.9. The third kappa shape index (κ3) is 4.11.